The summed E-state index contributed by atoms with van der Waals surface area (Å²) >= 11 is 0. The Balaban J connectivity index is 2.01. The number of rotatable bonds is 7. The number of methoxy groups -OCH3 is 3. The lowest BCUT2D eigenvalue weighted by Gasteiger charge is -2.21. The van der Waals surface area contributed by atoms with E-state index in [4.69, 9.17) is 23.7 Å². The fourth-order valence-corrected chi connectivity index (χ4v) is 2.03. The van der Waals surface area contributed by atoms with Crippen LogP contribution in [0, 0.1) is 0 Å². The van der Waals surface area contributed by atoms with E-state index in [-0.39, 0.29) is 6.29 Å². The number of fused-ring (bicyclic) bond motifs is 1. The number of hydrogen-bond acceptors (Lipinski definition) is 6. The largest absolute Gasteiger partial charge is 0.493 e. The molecule has 0 fully saturated rings. The molecule has 0 amide bonds. The van der Waals surface area contributed by atoms with Gasteiger partial charge in [0.25, 0.3) is 0 Å². The van der Waals surface area contributed by atoms with Gasteiger partial charge < -0.3 is 29.0 Å². The maximum absolute atomic E-state index is 5.59. The van der Waals surface area contributed by atoms with Crippen LogP contribution in [0.3, 0.4) is 0 Å². The van der Waals surface area contributed by atoms with Gasteiger partial charge in [0, 0.05) is 27.3 Å². The Bertz CT molecular complexity index is 417. The van der Waals surface area contributed by atoms with E-state index in [2.05, 4.69) is 5.32 Å². The third-order valence-electron chi connectivity index (χ3n) is 3.05. The minimum atomic E-state index is -0.255. The normalized spacial score (nSPS) is 13.6. The first-order valence-electron chi connectivity index (χ1n) is 6.51. The smallest absolute Gasteiger partial charge is 0.203 e. The van der Waals surface area contributed by atoms with E-state index in [9.17, 15) is 0 Å². The maximum Gasteiger partial charge on any atom is 0.203 e. The van der Waals surface area contributed by atoms with Crippen molar-refractivity contribution in [2.45, 2.75) is 12.8 Å². The SMILES string of the molecule is COc1cc(CNCC(OC)OC)cc2c1OCCO2. The molecule has 0 spiro atoms. The summed E-state index contributed by atoms with van der Waals surface area (Å²) in [5.41, 5.74) is 1.05. The molecule has 1 aliphatic heterocycles. The van der Waals surface area contributed by atoms with Gasteiger partial charge in [0.1, 0.15) is 13.2 Å². The van der Waals surface area contributed by atoms with Crippen molar-refractivity contribution in [1.82, 2.24) is 5.32 Å². The second-order valence-corrected chi connectivity index (χ2v) is 4.35. The summed E-state index contributed by atoms with van der Waals surface area (Å²) in [7, 11) is 4.85. The van der Waals surface area contributed by atoms with E-state index in [1.165, 1.54) is 0 Å². The molecule has 0 saturated heterocycles. The molecule has 1 N–H and O–H groups in total. The minimum absolute atomic E-state index is 0.255. The third-order valence-corrected chi connectivity index (χ3v) is 3.05. The number of hydrogen-bond donors (Lipinski definition) is 1. The second-order valence-electron chi connectivity index (χ2n) is 4.35. The van der Waals surface area contributed by atoms with Crippen molar-refractivity contribution in [3.63, 3.8) is 0 Å². The molecule has 0 aliphatic carbocycles. The highest BCUT2D eigenvalue weighted by Gasteiger charge is 2.18. The van der Waals surface area contributed by atoms with Crippen LogP contribution in [-0.4, -0.2) is 47.4 Å². The third kappa shape index (κ3) is 3.53. The minimum Gasteiger partial charge on any atom is -0.493 e. The maximum atomic E-state index is 5.59. The zero-order chi connectivity index (χ0) is 14.4. The van der Waals surface area contributed by atoms with E-state index in [0.717, 1.165) is 11.3 Å². The topological polar surface area (TPSA) is 58.2 Å². The highest BCUT2D eigenvalue weighted by atomic mass is 16.7. The van der Waals surface area contributed by atoms with Gasteiger partial charge in [0.2, 0.25) is 5.75 Å². The van der Waals surface area contributed by atoms with Crippen LogP contribution in [0.5, 0.6) is 17.2 Å². The van der Waals surface area contributed by atoms with Gasteiger partial charge in [-0.2, -0.15) is 0 Å². The molecule has 0 atom stereocenters. The second kappa shape index (κ2) is 7.33. The van der Waals surface area contributed by atoms with Crippen molar-refractivity contribution in [2.24, 2.45) is 0 Å². The first-order valence-corrected chi connectivity index (χ1v) is 6.51. The average molecular weight is 283 g/mol. The van der Waals surface area contributed by atoms with Crippen LogP contribution in [0.15, 0.2) is 12.1 Å². The molecule has 0 saturated carbocycles. The lowest BCUT2D eigenvalue weighted by Crippen LogP contribution is -2.29. The van der Waals surface area contributed by atoms with E-state index < -0.39 is 0 Å². The zero-order valence-corrected chi connectivity index (χ0v) is 12.1. The molecule has 6 nitrogen and oxygen atoms in total. The van der Waals surface area contributed by atoms with Crippen molar-refractivity contribution in [1.29, 1.82) is 0 Å². The Morgan fingerprint density at radius 2 is 1.90 bits per heavy atom. The Morgan fingerprint density at radius 3 is 2.60 bits per heavy atom. The Labute approximate surface area is 118 Å². The molecule has 20 heavy (non-hydrogen) atoms. The van der Waals surface area contributed by atoms with E-state index in [0.29, 0.717) is 37.8 Å². The van der Waals surface area contributed by atoms with Gasteiger partial charge in [-0.25, -0.2) is 0 Å². The van der Waals surface area contributed by atoms with Crippen molar-refractivity contribution in [3.05, 3.63) is 17.7 Å². The zero-order valence-electron chi connectivity index (χ0n) is 12.1. The van der Waals surface area contributed by atoms with Gasteiger partial charge >= 0.3 is 0 Å². The predicted molar refractivity (Wildman–Crippen MR) is 73.5 cm³/mol. The van der Waals surface area contributed by atoms with Gasteiger partial charge in [-0.1, -0.05) is 0 Å². The van der Waals surface area contributed by atoms with Gasteiger partial charge in [-0.05, 0) is 17.7 Å². The summed E-state index contributed by atoms with van der Waals surface area (Å²) in [6.45, 7) is 2.37. The molecular weight excluding hydrogens is 262 g/mol. The van der Waals surface area contributed by atoms with Crippen LogP contribution < -0.4 is 19.5 Å². The highest BCUT2D eigenvalue weighted by molar-refractivity contribution is 5.54. The molecule has 0 bridgehead atoms. The van der Waals surface area contributed by atoms with Crippen LogP contribution in [0.4, 0.5) is 0 Å². The molecule has 1 aromatic carbocycles. The summed E-state index contributed by atoms with van der Waals surface area (Å²) < 4.78 is 26.7. The quantitative estimate of drug-likeness (QED) is 0.758. The lowest BCUT2D eigenvalue weighted by molar-refractivity contribution is -0.0989. The summed E-state index contributed by atoms with van der Waals surface area (Å²) in [6.07, 6.45) is -0.255. The summed E-state index contributed by atoms with van der Waals surface area (Å²) in [5, 5.41) is 3.26. The van der Waals surface area contributed by atoms with Gasteiger partial charge in [-0.15, -0.1) is 0 Å². The predicted octanol–water partition coefficient (Wildman–Crippen LogP) is 1.17. The standard InChI is InChI=1S/C14H21NO5/c1-16-11-6-10(8-15-9-13(17-2)18-3)7-12-14(11)20-5-4-19-12/h6-7,13,15H,4-5,8-9H2,1-3H3. The molecule has 6 heteroatoms. The number of nitrogens with one attached hydrogen (secondary N) is 1. The van der Waals surface area contributed by atoms with E-state index >= 15 is 0 Å². The van der Waals surface area contributed by atoms with Crippen LogP contribution in [0.2, 0.25) is 0 Å². The Morgan fingerprint density at radius 1 is 1.15 bits per heavy atom. The first kappa shape index (κ1) is 14.9. The highest BCUT2D eigenvalue weighted by Crippen LogP contribution is 2.40. The molecule has 1 aliphatic rings. The number of benzene rings is 1. The van der Waals surface area contributed by atoms with Crippen LogP contribution in [0.25, 0.3) is 0 Å². The molecule has 0 aromatic heterocycles. The van der Waals surface area contributed by atoms with Crippen molar-refractivity contribution < 1.29 is 23.7 Å². The van der Waals surface area contributed by atoms with E-state index in [1.807, 2.05) is 12.1 Å². The average Bonchev–Trinajstić information content (AvgIpc) is 2.50. The Kier molecular flexibility index (Phi) is 5.46. The summed E-state index contributed by atoms with van der Waals surface area (Å²) in [4.78, 5) is 0. The fourth-order valence-electron chi connectivity index (χ4n) is 2.03. The fraction of sp³-hybridized carbons (Fsp3) is 0.571. The van der Waals surface area contributed by atoms with E-state index in [1.54, 1.807) is 21.3 Å². The van der Waals surface area contributed by atoms with Crippen molar-refractivity contribution in [2.75, 3.05) is 41.1 Å². The molecule has 1 heterocycles. The van der Waals surface area contributed by atoms with Gasteiger partial charge in [0.15, 0.2) is 17.8 Å². The molecular formula is C14H21NO5. The monoisotopic (exact) mass is 283 g/mol. The summed E-state index contributed by atoms with van der Waals surface area (Å²) in [5.74, 6) is 2.09. The molecule has 0 unspecified atom stereocenters. The first-order chi connectivity index (χ1) is 9.78. The van der Waals surface area contributed by atoms with Crippen LogP contribution in [0.1, 0.15) is 5.56 Å². The van der Waals surface area contributed by atoms with Gasteiger partial charge in [-0.3, -0.25) is 0 Å². The Hall–Kier alpha value is -1.50. The van der Waals surface area contributed by atoms with Crippen LogP contribution in [-0.2, 0) is 16.0 Å². The summed E-state index contributed by atoms with van der Waals surface area (Å²) in [6, 6.07) is 3.90. The van der Waals surface area contributed by atoms with Gasteiger partial charge in [0.05, 0.1) is 7.11 Å². The van der Waals surface area contributed by atoms with Crippen molar-refractivity contribution in [3.8, 4) is 17.2 Å². The molecule has 1 aromatic rings. The molecule has 112 valence electrons. The molecule has 2 rings (SSSR count). The molecule has 0 radical (unpaired) electrons. The van der Waals surface area contributed by atoms with Crippen molar-refractivity contribution >= 4 is 0 Å². The lowest BCUT2D eigenvalue weighted by atomic mass is 10.1. The van der Waals surface area contributed by atoms with Crippen LogP contribution >= 0.6 is 0 Å². The number of ether oxygens (including phenoxy) is 5.